The van der Waals surface area contributed by atoms with Crippen LogP contribution in [-0.4, -0.2) is 33.9 Å². The van der Waals surface area contributed by atoms with Crippen molar-refractivity contribution in [2.24, 2.45) is 0 Å². The summed E-state index contributed by atoms with van der Waals surface area (Å²) in [6.45, 7) is 0.520. The lowest BCUT2D eigenvalue weighted by molar-refractivity contribution is -0.384. The summed E-state index contributed by atoms with van der Waals surface area (Å²) in [7, 11) is 1.24. The molecule has 0 saturated heterocycles. The Hall–Kier alpha value is -3.42. The highest BCUT2D eigenvalue weighted by atomic mass is 16.6. The molecule has 128 valence electrons. The maximum Gasteiger partial charge on any atom is 0.340 e. The van der Waals surface area contributed by atoms with Crippen LogP contribution in [0.2, 0.25) is 0 Å². The summed E-state index contributed by atoms with van der Waals surface area (Å²) < 4.78 is 6.63. The normalized spacial score (nSPS) is 10.6. The largest absolute Gasteiger partial charge is 0.465 e. The Morgan fingerprint density at radius 2 is 2.20 bits per heavy atom. The highest BCUT2D eigenvalue weighted by molar-refractivity contribution is 5.96. The third-order valence-corrected chi connectivity index (χ3v) is 3.73. The number of methoxy groups -OCH3 is 1. The topological polar surface area (TPSA) is 98.8 Å². The van der Waals surface area contributed by atoms with E-state index in [1.165, 1.54) is 25.3 Å². The number of benzene rings is 1. The van der Waals surface area contributed by atoms with Crippen LogP contribution < -0.4 is 5.32 Å². The number of nitrogens with zero attached hydrogens (tertiary/aromatic N) is 3. The van der Waals surface area contributed by atoms with Gasteiger partial charge in [-0.05, 0) is 18.2 Å². The third kappa shape index (κ3) is 3.57. The van der Waals surface area contributed by atoms with E-state index >= 15 is 0 Å². The van der Waals surface area contributed by atoms with Gasteiger partial charge in [0.1, 0.15) is 5.65 Å². The molecule has 0 fully saturated rings. The lowest BCUT2D eigenvalue weighted by Crippen LogP contribution is -2.11. The molecule has 0 aliphatic heterocycles. The van der Waals surface area contributed by atoms with E-state index in [2.05, 4.69) is 10.3 Å². The Kier molecular flexibility index (Phi) is 4.60. The van der Waals surface area contributed by atoms with Gasteiger partial charge in [0.25, 0.3) is 5.69 Å². The van der Waals surface area contributed by atoms with Crippen LogP contribution in [0.3, 0.4) is 0 Å². The van der Waals surface area contributed by atoms with E-state index in [-0.39, 0.29) is 11.3 Å². The summed E-state index contributed by atoms with van der Waals surface area (Å²) in [6.07, 6.45) is 4.50. The number of hydrogen-bond donors (Lipinski definition) is 1. The van der Waals surface area contributed by atoms with E-state index in [0.29, 0.717) is 18.7 Å². The van der Waals surface area contributed by atoms with Crippen molar-refractivity contribution in [3.8, 4) is 0 Å². The molecule has 0 atom stereocenters. The molecule has 2 heterocycles. The van der Waals surface area contributed by atoms with Crippen molar-refractivity contribution in [3.63, 3.8) is 0 Å². The molecule has 0 bridgehead atoms. The first-order valence-corrected chi connectivity index (χ1v) is 7.61. The second kappa shape index (κ2) is 7.00. The number of carbonyl (C=O) groups is 1. The minimum Gasteiger partial charge on any atom is -0.465 e. The van der Waals surface area contributed by atoms with Gasteiger partial charge in [0, 0.05) is 43.2 Å². The molecule has 0 aliphatic rings. The van der Waals surface area contributed by atoms with Crippen molar-refractivity contribution in [1.29, 1.82) is 0 Å². The molecule has 0 saturated carbocycles. The average Bonchev–Trinajstić information content (AvgIpc) is 3.03. The zero-order chi connectivity index (χ0) is 17.8. The third-order valence-electron chi connectivity index (χ3n) is 3.73. The van der Waals surface area contributed by atoms with Gasteiger partial charge in [-0.1, -0.05) is 6.07 Å². The van der Waals surface area contributed by atoms with Crippen LogP contribution in [0.1, 0.15) is 16.1 Å². The van der Waals surface area contributed by atoms with E-state index in [1.54, 1.807) is 0 Å². The lowest BCUT2D eigenvalue weighted by Gasteiger charge is -2.10. The number of rotatable bonds is 6. The van der Waals surface area contributed by atoms with Crippen LogP contribution in [0.15, 0.2) is 48.8 Å². The van der Waals surface area contributed by atoms with Gasteiger partial charge in [0.05, 0.1) is 23.3 Å². The number of carbonyl (C=O) groups excluding carboxylic acids is 1. The van der Waals surface area contributed by atoms with Crippen molar-refractivity contribution in [3.05, 3.63) is 70.2 Å². The van der Waals surface area contributed by atoms with Crippen LogP contribution in [0.5, 0.6) is 0 Å². The van der Waals surface area contributed by atoms with E-state index in [4.69, 9.17) is 4.74 Å². The molecule has 0 radical (unpaired) electrons. The smallest absolute Gasteiger partial charge is 0.340 e. The Balaban J connectivity index is 1.73. The van der Waals surface area contributed by atoms with Gasteiger partial charge in [-0.2, -0.15) is 0 Å². The molecule has 3 aromatic rings. The number of anilines is 1. The summed E-state index contributed by atoms with van der Waals surface area (Å²) in [4.78, 5) is 26.7. The molecule has 0 unspecified atom stereocenters. The van der Waals surface area contributed by atoms with Crippen LogP contribution in [-0.2, 0) is 11.2 Å². The zero-order valence-corrected chi connectivity index (χ0v) is 13.5. The SMILES string of the molecule is COC(=O)c1cc([N+](=O)[O-])ccc1NCCc1cn2ccccc2n1. The first kappa shape index (κ1) is 16.4. The molecule has 2 aromatic heterocycles. The van der Waals surface area contributed by atoms with Gasteiger partial charge in [-0.25, -0.2) is 9.78 Å². The standard InChI is InChI=1S/C17H16N4O4/c1-25-17(22)14-10-13(21(23)24)5-6-15(14)18-8-7-12-11-20-9-3-2-4-16(20)19-12/h2-6,9-11,18H,7-8H2,1H3. The predicted octanol–water partition coefficient (Wildman–Crippen LogP) is 2.68. The number of hydrogen-bond acceptors (Lipinski definition) is 6. The van der Waals surface area contributed by atoms with Crippen molar-refractivity contribution in [1.82, 2.24) is 9.38 Å². The van der Waals surface area contributed by atoms with Crippen LogP contribution >= 0.6 is 0 Å². The van der Waals surface area contributed by atoms with Crippen molar-refractivity contribution in [2.75, 3.05) is 19.0 Å². The highest BCUT2D eigenvalue weighted by Crippen LogP contribution is 2.23. The zero-order valence-electron chi connectivity index (χ0n) is 13.5. The molecule has 8 heteroatoms. The summed E-state index contributed by atoms with van der Waals surface area (Å²) in [5, 5.41) is 14.0. The quantitative estimate of drug-likeness (QED) is 0.421. The van der Waals surface area contributed by atoms with Gasteiger partial charge >= 0.3 is 5.97 Å². The number of imidazole rings is 1. The van der Waals surface area contributed by atoms with Gasteiger partial charge in [0.2, 0.25) is 0 Å². The van der Waals surface area contributed by atoms with Crippen molar-refractivity contribution >= 4 is 23.0 Å². The number of nitrogens with one attached hydrogen (secondary N) is 1. The monoisotopic (exact) mass is 340 g/mol. The molecule has 0 amide bonds. The molecule has 1 N–H and O–H groups in total. The highest BCUT2D eigenvalue weighted by Gasteiger charge is 2.17. The summed E-state index contributed by atoms with van der Waals surface area (Å²) in [5.41, 5.74) is 2.22. The van der Waals surface area contributed by atoms with E-state index in [0.717, 1.165) is 11.3 Å². The summed E-state index contributed by atoms with van der Waals surface area (Å²) in [5.74, 6) is -0.626. The number of esters is 1. The Bertz CT molecular complexity index is 902. The number of pyridine rings is 1. The van der Waals surface area contributed by atoms with E-state index in [1.807, 2.05) is 35.0 Å². The minimum absolute atomic E-state index is 0.131. The number of nitro groups is 1. The number of non-ortho nitro benzene ring substituents is 1. The van der Waals surface area contributed by atoms with Crippen LogP contribution in [0.25, 0.3) is 5.65 Å². The van der Waals surface area contributed by atoms with Crippen LogP contribution in [0.4, 0.5) is 11.4 Å². The van der Waals surface area contributed by atoms with E-state index < -0.39 is 10.9 Å². The van der Waals surface area contributed by atoms with Crippen molar-refractivity contribution in [2.45, 2.75) is 6.42 Å². The maximum atomic E-state index is 11.9. The van der Waals surface area contributed by atoms with E-state index in [9.17, 15) is 14.9 Å². The lowest BCUT2D eigenvalue weighted by atomic mass is 10.1. The fourth-order valence-corrected chi connectivity index (χ4v) is 2.51. The Morgan fingerprint density at radius 3 is 2.92 bits per heavy atom. The second-order valence-corrected chi connectivity index (χ2v) is 5.35. The van der Waals surface area contributed by atoms with Gasteiger partial charge < -0.3 is 14.5 Å². The molecule has 0 spiro atoms. The average molecular weight is 340 g/mol. The van der Waals surface area contributed by atoms with Gasteiger partial charge in [0.15, 0.2) is 0 Å². The number of ether oxygens (including phenoxy) is 1. The fourth-order valence-electron chi connectivity index (χ4n) is 2.51. The van der Waals surface area contributed by atoms with Gasteiger partial charge in [-0.15, -0.1) is 0 Å². The predicted molar refractivity (Wildman–Crippen MR) is 91.8 cm³/mol. The minimum atomic E-state index is -0.626. The molecule has 3 rings (SSSR count). The Labute approximate surface area is 143 Å². The Morgan fingerprint density at radius 1 is 1.36 bits per heavy atom. The first-order valence-electron chi connectivity index (χ1n) is 7.61. The maximum absolute atomic E-state index is 11.9. The molecule has 8 nitrogen and oxygen atoms in total. The molecular weight excluding hydrogens is 324 g/mol. The van der Waals surface area contributed by atoms with Crippen LogP contribution in [0, 0.1) is 10.1 Å². The molecule has 25 heavy (non-hydrogen) atoms. The number of nitro benzene ring substituents is 1. The molecular formula is C17H16N4O4. The van der Waals surface area contributed by atoms with Gasteiger partial charge in [-0.3, -0.25) is 10.1 Å². The summed E-state index contributed by atoms with van der Waals surface area (Å²) >= 11 is 0. The molecule has 0 aliphatic carbocycles. The fraction of sp³-hybridized carbons (Fsp3) is 0.176. The molecule has 1 aromatic carbocycles. The van der Waals surface area contributed by atoms with Crippen molar-refractivity contribution < 1.29 is 14.5 Å². The summed E-state index contributed by atoms with van der Waals surface area (Å²) in [6, 6.07) is 9.83. The second-order valence-electron chi connectivity index (χ2n) is 5.35. The first-order chi connectivity index (χ1) is 12.1. The number of aromatic nitrogens is 2. The number of fused-ring (bicyclic) bond motifs is 1.